The lowest BCUT2D eigenvalue weighted by Crippen LogP contribution is -2.24. The fraction of sp³-hybridized carbons (Fsp3) is 0.667. The lowest BCUT2D eigenvalue weighted by molar-refractivity contribution is 0.715. The monoisotopic (exact) mass is 235 g/mol. The summed E-state index contributed by atoms with van der Waals surface area (Å²) < 4.78 is 0. The fourth-order valence-corrected chi connectivity index (χ4v) is 2.22. The van der Waals surface area contributed by atoms with E-state index in [-0.39, 0.29) is 0 Å². The zero-order valence-electron chi connectivity index (χ0n) is 11.0. The van der Waals surface area contributed by atoms with Crippen LogP contribution < -0.4 is 16.2 Å². The Morgan fingerprint density at radius 1 is 1.41 bits per heavy atom. The zero-order valence-corrected chi connectivity index (χ0v) is 11.0. The molecule has 2 unspecified atom stereocenters. The summed E-state index contributed by atoms with van der Waals surface area (Å²) in [6, 6.07) is 0. The van der Waals surface area contributed by atoms with Gasteiger partial charge in [-0.3, -0.25) is 0 Å². The highest BCUT2D eigenvalue weighted by molar-refractivity contribution is 5.57. The van der Waals surface area contributed by atoms with Crippen molar-refractivity contribution in [2.45, 2.75) is 27.2 Å². The van der Waals surface area contributed by atoms with Crippen LogP contribution in [-0.4, -0.2) is 23.6 Å². The maximum atomic E-state index is 5.47. The molecule has 0 spiro atoms. The molecular weight excluding hydrogens is 214 g/mol. The quantitative estimate of drug-likeness (QED) is 0.611. The molecule has 5 nitrogen and oxygen atoms in total. The second-order valence-corrected chi connectivity index (χ2v) is 5.07. The van der Waals surface area contributed by atoms with Crippen molar-refractivity contribution in [2.75, 3.05) is 23.9 Å². The number of nitrogens with two attached hydrogens (primary N) is 1. The van der Waals surface area contributed by atoms with Crippen molar-refractivity contribution in [3.8, 4) is 0 Å². The maximum absolute atomic E-state index is 5.47. The minimum atomic E-state index is 0.711. The average Bonchev–Trinajstić information content (AvgIpc) is 2.96. The zero-order chi connectivity index (χ0) is 12.6. The van der Waals surface area contributed by atoms with Crippen molar-refractivity contribution in [1.29, 1.82) is 0 Å². The summed E-state index contributed by atoms with van der Waals surface area (Å²) in [5, 5.41) is 0. The van der Waals surface area contributed by atoms with E-state index >= 15 is 0 Å². The highest BCUT2D eigenvalue weighted by atomic mass is 15.3. The van der Waals surface area contributed by atoms with E-state index in [2.05, 4.69) is 34.3 Å². The predicted molar refractivity (Wildman–Crippen MR) is 69.9 cm³/mol. The molecule has 0 amide bonds. The molecule has 1 fully saturated rings. The summed E-state index contributed by atoms with van der Waals surface area (Å²) in [6.07, 6.45) is 1.33. The first-order valence-corrected chi connectivity index (χ1v) is 6.06. The number of nitrogen functional groups attached to an aromatic ring is 1. The van der Waals surface area contributed by atoms with Gasteiger partial charge in [0.2, 0.25) is 0 Å². The number of hydrogen-bond donors (Lipinski definition) is 2. The Morgan fingerprint density at radius 3 is 2.59 bits per heavy atom. The standard InChI is InChI=1S/C12H21N5/c1-7-5-10(7)6-17(4)12-8(2)11(16-13)14-9(3)15-12/h7,10H,5-6,13H2,1-4H3,(H,14,15,16). The molecule has 2 rings (SSSR count). The van der Waals surface area contributed by atoms with Crippen LogP contribution in [0.3, 0.4) is 0 Å². The summed E-state index contributed by atoms with van der Waals surface area (Å²) in [5.74, 6) is 9.56. The van der Waals surface area contributed by atoms with Crippen molar-refractivity contribution >= 4 is 11.6 Å². The van der Waals surface area contributed by atoms with Gasteiger partial charge in [0.1, 0.15) is 17.5 Å². The van der Waals surface area contributed by atoms with Crippen LogP contribution in [0.25, 0.3) is 0 Å². The number of hydrazine groups is 1. The lowest BCUT2D eigenvalue weighted by atomic mass is 10.2. The third-order valence-electron chi connectivity index (χ3n) is 3.51. The van der Waals surface area contributed by atoms with Crippen LogP contribution in [0.5, 0.6) is 0 Å². The van der Waals surface area contributed by atoms with E-state index in [1.165, 1.54) is 6.42 Å². The number of nitrogens with zero attached hydrogens (tertiary/aromatic N) is 3. The third kappa shape index (κ3) is 2.49. The van der Waals surface area contributed by atoms with Gasteiger partial charge in [-0.1, -0.05) is 6.92 Å². The fourth-order valence-electron chi connectivity index (χ4n) is 2.22. The third-order valence-corrected chi connectivity index (χ3v) is 3.51. The van der Waals surface area contributed by atoms with Crippen molar-refractivity contribution < 1.29 is 0 Å². The largest absolute Gasteiger partial charge is 0.359 e. The van der Waals surface area contributed by atoms with Gasteiger partial charge in [0.25, 0.3) is 0 Å². The molecule has 17 heavy (non-hydrogen) atoms. The summed E-state index contributed by atoms with van der Waals surface area (Å²) in [5.41, 5.74) is 3.64. The molecule has 5 heteroatoms. The number of anilines is 2. The Bertz CT molecular complexity index is 418. The van der Waals surface area contributed by atoms with E-state index in [0.717, 1.165) is 35.6 Å². The van der Waals surface area contributed by atoms with Crippen LogP contribution in [0.1, 0.15) is 24.7 Å². The van der Waals surface area contributed by atoms with Gasteiger partial charge in [0, 0.05) is 19.2 Å². The Hall–Kier alpha value is -1.36. The van der Waals surface area contributed by atoms with E-state index in [4.69, 9.17) is 5.84 Å². The molecule has 1 aliphatic rings. The lowest BCUT2D eigenvalue weighted by Gasteiger charge is -2.21. The molecule has 1 aromatic rings. The molecule has 1 aromatic heterocycles. The predicted octanol–water partition coefficient (Wildman–Crippen LogP) is 1.47. The molecule has 2 atom stereocenters. The van der Waals surface area contributed by atoms with Crippen LogP contribution in [0.4, 0.5) is 11.6 Å². The number of nitrogens with one attached hydrogen (secondary N) is 1. The Labute approximate surface area is 102 Å². The second kappa shape index (κ2) is 4.49. The second-order valence-electron chi connectivity index (χ2n) is 5.07. The summed E-state index contributed by atoms with van der Waals surface area (Å²) in [6.45, 7) is 7.24. The van der Waals surface area contributed by atoms with Crippen LogP contribution >= 0.6 is 0 Å². The van der Waals surface area contributed by atoms with Crippen molar-refractivity contribution in [2.24, 2.45) is 17.7 Å². The molecule has 0 saturated heterocycles. The molecule has 0 aliphatic heterocycles. The average molecular weight is 235 g/mol. The van der Waals surface area contributed by atoms with Crippen molar-refractivity contribution in [1.82, 2.24) is 9.97 Å². The number of hydrogen-bond acceptors (Lipinski definition) is 5. The highest BCUT2D eigenvalue weighted by Gasteiger charge is 2.33. The molecule has 94 valence electrons. The molecular formula is C12H21N5. The highest BCUT2D eigenvalue weighted by Crippen LogP contribution is 2.39. The van der Waals surface area contributed by atoms with E-state index in [1.807, 2.05) is 13.8 Å². The SMILES string of the molecule is Cc1nc(NN)c(C)c(N(C)CC2CC2C)n1. The van der Waals surface area contributed by atoms with Gasteiger partial charge < -0.3 is 10.3 Å². The molecule has 0 aromatic carbocycles. The normalized spacial score (nSPS) is 22.4. The topological polar surface area (TPSA) is 67.1 Å². The summed E-state index contributed by atoms with van der Waals surface area (Å²) in [4.78, 5) is 11.0. The minimum absolute atomic E-state index is 0.711. The Balaban J connectivity index is 2.21. The van der Waals surface area contributed by atoms with Gasteiger partial charge in [-0.05, 0) is 32.1 Å². The van der Waals surface area contributed by atoms with Gasteiger partial charge in [-0.15, -0.1) is 0 Å². The molecule has 3 N–H and O–H groups in total. The molecule has 1 heterocycles. The molecule has 1 saturated carbocycles. The number of aryl methyl sites for hydroxylation is 1. The Morgan fingerprint density at radius 2 is 2.06 bits per heavy atom. The number of aromatic nitrogens is 2. The van der Waals surface area contributed by atoms with Crippen molar-refractivity contribution in [3.05, 3.63) is 11.4 Å². The van der Waals surface area contributed by atoms with E-state index in [9.17, 15) is 0 Å². The Kier molecular flexibility index (Phi) is 3.19. The van der Waals surface area contributed by atoms with E-state index in [1.54, 1.807) is 0 Å². The van der Waals surface area contributed by atoms with Crippen molar-refractivity contribution in [3.63, 3.8) is 0 Å². The first-order valence-electron chi connectivity index (χ1n) is 6.06. The molecule has 1 aliphatic carbocycles. The van der Waals surface area contributed by atoms with Gasteiger partial charge in [-0.2, -0.15) is 0 Å². The number of rotatable bonds is 4. The maximum Gasteiger partial charge on any atom is 0.148 e. The first kappa shape index (κ1) is 12.1. The van der Waals surface area contributed by atoms with Crippen LogP contribution in [-0.2, 0) is 0 Å². The van der Waals surface area contributed by atoms with Gasteiger partial charge in [-0.25, -0.2) is 15.8 Å². The molecule has 0 radical (unpaired) electrons. The summed E-state index contributed by atoms with van der Waals surface area (Å²) >= 11 is 0. The summed E-state index contributed by atoms with van der Waals surface area (Å²) in [7, 11) is 2.08. The van der Waals surface area contributed by atoms with Gasteiger partial charge >= 0.3 is 0 Å². The van der Waals surface area contributed by atoms with Crippen LogP contribution in [0.15, 0.2) is 0 Å². The molecule has 0 bridgehead atoms. The van der Waals surface area contributed by atoms with E-state index in [0.29, 0.717) is 5.82 Å². The smallest absolute Gasteiger partial charge is 0.148 e. The van der Waals surface area contributed by atoms with Gasteiger partial charge in [0.05, 0.1) is 0 Å². The van der Waals surface area contributed by atoms with Gasteiger partial charge in [0.15, 0.2) is 0 Å². The minimum Gasteiger partial charge on any atom is -0.359 e. The van der Waals surface area contributed by atoms with Crippen LogP contribution in [0.2, 0.25) is 0 Å². The van der Waals surface area contributed by atoms with Crippen LogP contribution in [0, 0.1) is 25.7 Å². The van der Waals surface area contributed by atoms with E-state index < -0.39 is 0 Å². The first-order chi connectivity index (χ1) is 8.02.